The Labute approximate surface area is 107 Å². The van der Waals surface area contributed by atoms with Crippen molar-refractivity contribution in [3.63, 3.8) is 0 Å². The fraction of sp³-hybridized carbons (Fsp3) is 0.467. The van der Waals surface area contributed by atoms with Crippen molar-refractivity contribution in [3.05, 3.63) is 35.9 Å². The van der Waals surface area contributed by atoms with Crippen LogP contribution in [-0.2, 0) is 19.7 Å². The van der Waals surface area contributed by atoms with Crippen LogP contribution in [0.1, 0.15) is 39.2 Å². The third-order valence-electron chi connectivity index (χ3n) is 3.47. The van der Waals surface area contributed by atoms with Gasteiger partial charge in [0.15, 0.2) is 11.2 Å². The van der Waals surface area contributed by atoms with Gasteiger partial charge in [-0.2, -0.15) is 0 Å². The lowest BCUT2D eigenvalue weighted by Gasteiger charge is -2.24. The van der Waals surface area contributed by atoms with Crippen LogP contribution in [0.3, 0.4) is 0 Å². The SMILES string of the molecule is CCC(=O)[C@@]1(c2ccccc2)CC(C)(C)OC1=O. The Kier molecular flexibility index (Phi) is 3.01. The molecule has 0 aliphatic carbocycles. The van der Waals surface area contributed by atoms with E-state index < -0.39 is 17.0 Å². The zero-order valence-electron chi connectivity index (χ0n) is 11.0. The van der Waals surface area contributed by atoms with Crippen LogP contribution in [0.25, 0.3) is 0 Å². The first-order valence-electron chi connectivity index (χ1n) is 6.24. The Morgan fingerprint density at radius 1 is 1.28 bits per heavy atom. The van der Waals surface area contributed by atoms with E-state index in [4.69, 9.17) is 4.74 Å². The van der Waals surface area contributed by atoms with E-state index in [1.165, 1.54) is 0 Å². The zero-order valence-corrected chi connectivity index (χ0v) is 11.0. The Balaban J connectivity index is 2.57. The van der Waals surface area contributed by atoms with Gasteiger partial charge in [-0.05, 0) is 19.4 Å². The molecule has 0 amide bonds. The predicted octanol–water partition coefficient (Wildman–Crippen LogP) is 2.63. The summed E-state index contributed by atoms with van der Waals surface area (Å²) in [5, 5.41) is 0. The van der Waals surface area contributed by atoms with Crippen LogP contribution in [0.15, 0.2) is 30.3 Å². The van der Waals surface area contributed by atoms with Crippen molar-refractivity contribution in [2.24, 2.45) is 0 Å². The van der Waals surface area contributed by atoms with E-state index in [-0.39, 0.29) is 5.78 Å². The third-order valence-corrected chi connectivity index (χ3v) is 3.47. The number of carbonyl (C=O) groups excluding carboxylic acids is 2. The molecule has 3 nitrogen and oxygen atoms in total. The Morgan fingerprint density at radius 3 is 2.33 bits per heavy atom. The van der Waals surface area contributed by atoms with Gasteiger partial charge >= 0.3 is 5.97 Å². The molecule has 1 aliphatic rings. The maximum absolute atomic E-state index is 12.3. The first kappa shape index (κ1) is 12.8. The van der Waals surface area contributed by atoms with Crippen LogP contribution >= 0.6 is 0 Å². The van der Waals surface area contributed by atoms with Gasteiger partial charge in [0.1, 0.15) is 5.60 Å². The largest absolute Gasteiger partial charge is 0.459 e. The highest BCUT2D eigenvalue weighted by Crippen LogP contribution is 2.44. The summed E-state index contributed by atoms with van der Waals surface area (Å²) in [6, 6.07) is 9.22. The molecule has 18 heavy (non-hydrogen) atoms. The monoisotopic (exact) mass is 246 g/mol. The van der Waals surface area contributed by atoms with E-state index >= 15 is 0 Å². The van der Waals surface area contributed by atoms with Crippen molar-refractivity contribution in [3.8, 4) is 0 Å². The average Bonchev–Trinajstić information content (AvgIpc) is 2.60. The van der Waals surface area contributed by atoms with Crippen molar-refractivity contribution in [1.29, 1.82) is 0 Å². The summed E-state index contributed by atoms with van der Waals surface area (Å²) in [6.45, 7) is 5.47. The first-order chi connectivity index (χ1) is 8.42. The number of esters is 1. The number of ketones is 1. The number of ether oxygens (including phenoxy) is 1. The number of benzene rings is 1. The van der Waals surface area contributed by atoms with E-state index in [9.17, 15) is 9.59 Å². The fourth-order valence-electron chi connectivity index (χ4n) is 2.70. The third kappa shape index (κ3) is 1.84. The van der Waals surface area contributed by atoms with Gasteiger partial charge in [-0.25, -0.2) is 0 Å². The summed E-state index contributed by atoms with van der Waals surface area (Å²) in [7, 11) is 0. The number of hydrogen-bond acceptors (Lipinski definition) is 3. The number of hydrogen-bond donors (Lipinski definition) is 0. The standard InChI is InChI=1S/C15H18O3/c1-4-12(16)15(11-8-6-5-7-9-11)10-14(2,3)18-13(15)17/h5-9H,4,10H2,1-3H3/t15-/m0/s1. The van der Waals surface area contributed by atoms with Gasteiger partial charge in [-0.1, -0.05) is 37.3 Å². The van der Waals surface area contributed by atoms with Crippen LogP contribution < -0.4 is 0 Å². The molecule has 0 unspecified atom stereocenters. The molecule has 1 fully saturated rings. The lowest BCUT2D eigenvalue weighted by molar-refractivity contribution is -0.151. The summed E-state index contributed by atoms with van der Waals surface area (Å²) in [5.74, 6) is -0.477. The fourth-order valence-corrected chi connectivity index (χ4v) is 2.70. The minimum Gasteiger partial charge on any atom is -0.459 e. The summed E-state index contributed by atoms with van der Waals surface area (Å²) in [4.78, 5) is 24.6. The van der Waals surface area contributed by atoms with Gasteiger partial charge in [0.25, 0.3) is 0 Å². The number of carbonyl (C=O) groups is 2. The molecule has 0 aromatic heterocycles. The quantitative estimate of drug-likeness (QED) is 0.608. The average molecular weight is 246 g/mol. The molecule has 1 atom stereocenters. The van der Waals surface area contributed by atoms with Gasteiger partial charge in [-0.15, -0.1) is 0 Å². The minimum absolute atomic E-state index is 0.0655. The van der Waals surface area contributed by atoms with Crippen LogP contribution in [0.4, 0.5) is 0 Å². The number of rotatable bonds is 3. The predicted molar refractivity (Wildman–Crippen MR) is 68.2 cm³/mol. The molecular weight excluding hydrogens is 228 g/mol. The zero-order chi connectivity index (χ0) is 13.4. The molecule has 0 bridgehead atoms. The maximum Gasteiger partial charge on any atom is 0.324 e. The molecule has 1 aromatic carbocycles. The smallest absolute Gasteiger partial charge is 0.324 e. The molecule has 0 saturated carbocycles. The van der Waals surface area contributed by atoms with Crippen molar-refractivity contribution < 1.29 is 14.3 Å². The van der Waals surface area contributed by atoms with Gasteiger partial charge < -0.3 is 4.74 Å². The highest BCUT2D eigenvalue weighted by molar-refractivity contribution is 6.11. The molecule has 0 N–H and O–H groups in total. The van der Waals surface area contributed by atoms with Crippen molar-refractivity contribution >= 4 is 11.8 Å². The van der Waals surface area contributed by atoms with Crippen LogP contribution in [0.5, 0.6) is 0 Å². The number of Topliss-reactive ketones (excluding diaryl/α,β-unsaturated/α-hetero) is 1. The number of cyclic esters (lactones) is 1. The first-order valence-corrected chi connectivity index (χ1v) is 6.24. The molecule has 1 aromatic rings. The summed E-state index contributed by atoms with van der Waals surface area (Å²) in [5.41, 5.74) is -0.954. The Bertz CT molecular complexity index is 476. The van der Waals surface area contributed by atoms with E-state index in [1.807, 2.05) is 44.2 Å². The molecule has 2 rings (SSSR count). The maximum atomic E-state index is 12.3. The second-order valence-corrected chi connectivity index (χ2v) is 5.37. The summed E-state index contributed by atoms with van der Waals surface area (Å²) >= 11 is 0. The molecule has 1 saturated heterocycles. The molecule has 96 valence electrons. The topological polar surface area (TPSA) is 43.4 Å². The second-order valence-electron chi connectivity index (χ2n) is 5.37. The van der Waals surface area contributed by atoms with Crippen LogP contribution in [-0.4, -0.2) is 17.4 Å². The van der Waals surface area contributed by atoms with Gasteiger partial charge in [-0.3, -0.25) is 9.59 Å². The molecule has 3 heteroatoms. The molecule has 1 aliphatic heterocycles. The highest BCUT2D eigenvalue weighted by atomic mass is 16.6. The lowest BCUT2D eigenvalue weighted by atomic mass is 9.72. The van der Waals surface area contributed by atoms with Crippen LogP contribution in [0, 0.1) is 0 Å². The van der Waals surface area contributed by atoms with E-state index in [0.717, 1.165) is 5.56 Å². The van der Waals surface area contributed by atoms with Crippen molar-refractivity contribution in [1.82, 2.24) is 0 Å². The minimum atomic E-state index is -1.11. The van der Waals surface area contributed by atoms with E-state index in [2.05, 4.69) is 0 Å². The van der Waals surface area contributed by atoms with Gasteiger partial charge in [0, 0.05) is 12.8 Å². The summed E-state index contributed by atoms with van der Waals surface area (Å²) in [6.07, 6.45) is 0.746. The van der Waals surface area contributed by atoms with E-state index in [0.29, 0.717) is 12.8 Å². The second kappa shape index (κ2) is 4.23. The Hall–Kier alpha value is -1.64. The van der Waals surface area contributed by atoms with Crippen molar-refractivity contribution in [2.75, 3.05) is 0 Å². The normalized spacial score (nSPS) is 25.8. The van der Waals surface area contributed by atoms with E-state index in [1.54, 1.807) is 6.92 Å². The lowest BCUT2D eigenvalue weighted by Crippen LogP contribution is -2.40. The van der Waals surface area contributed by atoms with Gasteiger partial charge in [0.2, 0.25) is 0 Å². The Morgan fingerprint density at radius 2 is 1.89 bits per heavy atom. The van der Waals surface area contributed by atoms with Crippen LogP contribution in [0.2, 0.25) is 0 Å². The van der Waals surface area contributed by atoms with Gasteiger partial charge in [0.05, 0.1) is 0 Å². The summed E-state index contributed by atoms with van der Waals surface area (Å²) < 4.78 is 5.38. The molecule has 0 radical (unpaired) electrons. The molecule has 0 spiro atoms. The van der Waals surface area contributed by atoms with Crippen molar-refractivity contribution in [2.45, 2.75) is 44.6 Å². The molecular formula is C15H18O3. The molecule has 1 heterocycles. The highest BCUT2D eigenvalue weighted by Gasteiger charge is 2.57.